The Morgan fingerprint density at radius 1 is 1.29 bits per heavy atom. The number of anilines is 1. The lowest BCUT2D eigenvalue weighted by Gasteiger charge is -2.28. The monoisotopic (exact) mass is 335 g/mol. The van der Waals surface area contributed by atoms with Crippen molar-refractivity contribution in [2.75, 3.05) is 24.6 Å². The molecule has 0 saturated heterocycles. The van der Waals surface area contributed by atoms with Gasteiger partial charge in [-0.1, -0.05) is 0 Å². The Labute approximate surface area is 138 Å². The number of carbonyl (C=O) groups excluding carboxylic acids is 3. The summed E-state index contributed by atoms with van der Waals surface area (Å²) in [5.74, 6) is -1.11. The topological polar surface area (TPSA) is 87.7 Å². The van der Waals surface area contributed by atoms with Crippen molar-refractivity contribution in [1.82, 2.24) is 10.6 Å². The molecule has 3 rings (SSSR count). The van der Waals surface area contributed by atoms with Gasteiger partial charge in [-0.05, 0) is 25.0 Å². The van der Waals surface area contributed by atoms with E-state index >= 15 is 0 Å². The minimum absolute atomic E-state index is 0.104. The average molecular weight is 335 g/mol. The number of hydrogen-bond donors (Lipinski definition) is 2. The standard InChI is InChI=1S/C16H18FN3O4/c17-10-1-4-13-12(7-10)20(16(23)9-24-13)8-15(22)18-6-5-14(21)19-11-2-3-11/h1,4,7,11H,2-3,5-6,8-9H2,(H,18,22)(H,19,21). The van der Waals surface area contributed by atoms with Crippen LogP contribution in [-0.4, -0.2) is 43.5 Å². The molecule has 1 aliphatic heterocycles. The molecule has 0 aromatic heterocycles. The van der Waals surface area contributed by atoms with Gasteiger partial charge in [0, 0.05) is 25.1 Å². The van der Waals surface area contributed by atoms with Gasteiger partial charge in [0.25, 0.3) is 5.91 Å². The van der Waals surface area contributed by atoms with Gasteiger partial charge in [-0.15, -0.1) is 0 Å². The van der Waals surface area contributed by atoms with Crippen molar-refractivity contribution in [1.29, 1.82) is 0 Å². The molecule has 24 heavy (non-hydrogen) atoms. The Kier molecular flexibility index (Phi) is 4.64. The Morgan fingerprint density at radius 3 is 2.83 bits per heavy atom. The Morgan fingerprint density at radius 2 is 2.08 bits per heavy atom. The molecule has 0 radical (unpaired) electrons. The van der Waals surface area contributed by atoms with Gasteiger partial charge in [-0.3, -0.25) is 19.3 Å². The fourth-order valence-electron chi connectivity index (χ4n) is 2.39. The van der Waals surface area contributed by atoms with Gasteiger partial charge in [0.2, 0.25) is 11.8 Å². The zero-order chi connectivity index (χ0) is 17.1. The maximum atomic E-state index is 13.4. The molecule has 1 aromatic carbocycles. The smallest absolute Gasteiger partial charge is 0.265 e. The predicted molar refractivity (Wildman–Crippen MR) is 83.0 cm³/mol. The lowest BCUT2D eigenvalue weighted by molar-refractivity contribution is -0.125. The van der Waals surface area contributed by atoms with Crippen LogP contribution in [0.15, 0.2) is 18.2 Å². The first-order valence-corrected chi connectivity index (χ1v) is 7.82. The molecule has 1 fully saturated rings. The second-order valence-electron chi connectivity index (χ2n) is 5.82. The van der Waals surface area contributed by atoms with Gasteiger partial charge in [0.15, 0.2) is 6.61 Å². The van der Waals surface area contributed by atoms with Crippen LogP contribution in [0, 0.1) is 5.82 Å². The number of amides is 3. The Hall–Kier alpha value is -2.64. The number of nitrogens with one attached hydrogen (secondary N) is 2. The van der Waals surface area contributed by atoms with Crippen LogP contribution in [0.1, 0.15) is 19.3 Å². The van der Waals surface area contributed by atoms with Crippen molar-refractivity contribution in [3.8, 4) is 5.75 Å². The number of nitrogens with zero attached hydrogens (tertiary/aromatic N) is 1. The van der Waals surface area contributed by atoms with Gasteiger partial charge in [0.05, 0.1) is 5.69 Å². The Bertz CT molecular complexity index is 675. The van der Waals surface area contributed by atoms with E-state index in [9.17, 15) is 18.8 Å². The summed E-state index contributed by atoms with van der Waals surface area (Å²) in [6.45, 7) is -0.259. The number of halogens is 1. The molecule has 8 heteroatoms. The third-order valence-corrected chi connectivity index (χ3v) is 3.78. The van der Waals surface area contributed by atoms with Gasteiger partial charge in [-0.2, -0.15) is 0 Å². The van der Waals surface area contributed by atoms with E-state index in [2.05, 4.69) is 10.6 Å². The zero-order valence-electron chi connectivity index (χ0n) is 13.0. The zero-order valence-corrected chi connectivity index (χ0v) is 13.0. The van der Waals surface area contributed by atoms with Crippen LogP contribution in [0.4, 0.5) is 10.1 Å². The first kappa shape index (κ1) is 16.2. The van der Waals surface area contributed by atoms with E-state index in [1.54, 1.807) is 0 Å². The number of carbonyl (C=O) groups is 3. The molecule has 128 valence electrons. The van der Waals surface area contributed by atoms with Crippen LogP contribution in [0.3, 0.4) is 0 Å². The third-order valence-electron chi connectivity index (χ3n) is 3.78. The van der Waals surface area contributed by atoms with Gasteiger partial charge in [0.1, 0.15) is 18.1 Å². The van der Waals surface area contributed by atoms with Crippen LogP contribution in [0.2, 0.25) is 0 Å². The van der Waals surface area contributed by atoms with Gasteiger partial charge < -0.3 is 15.4 Å². The highest BCUT2D eigenvalue weighted by Crippen LogP contribution is 2.32. The van der Waals surface area contributed by atoms with Crippen LogP contribution >= 0.6 is 0 Å². The van der Waals surface area contributed by atoms with Crippen LogP contribution in [0.25, 0.3) is 0 Å². The first-order valence-electron chi connectivity index (χ1n) is 7.82. The number of rotatable bonds is 6. The molecule has 1 aromatic rings. The van der Waals surface area contributed by atoms with E-state index in [0.29, 0.717) is 5.75 Å². The summed E-state index contributed by atoms with van der Waals surface area (Å²) in [5, 5.41) is 5.41. The SMILES string of the molecule is O=C(CN1C(=O)COc2ccc(F)cc21)NCCC(=O)NC1CC1. The fourth-order valence-corrected chi connectivity index (χ4v) is 2.39. The van der Waals surface area contributed by atoms with Crippen molar-refractivity contribution in [2.45, 2.75) is 25.3 Å². The van der Waals surface area contributed by atoms with E-state index < -0.39 is 17.6 Å². The van der Waals surface area contributed by atoms with E-state index in [0.717, 1.165) is 18.9 Å². The Balaban J connectivity index is 1.53. The number of ether oxygens (including phenoxy) is 1. The van der Waals surface area contributed by atoms with Gasteiger partial charge in [-0.25, -0.2) is 4.39 Å². The summed E-state index contributed by atoms with van der Waals surface area (Å²) < 4.78 is 18.6. The number of hydrogen-bond acceptors (Lipinski definition) is 4. The van der Waals surface area contributed by atoms with E-state index in [4.69, 9.17) is 4.74 Å². The van der Waals surface area contributed by atoms with Crippen molar-refractivity contribution < 1.29 is 23.5 Å². The van der Waals surface area contributed by atoms with E-state index in [1.165, 1.54) is 17.0 Å². The van der Waals surface area contributed by atoms with Crippen molar-refractivity contribution in [3.05, 3.63) is 24.0 Å². The van der Waals surface area contributed by atoms with Crippen LogP contribution < -0.4 is 20.3 Å². The summed E-state index contributed by atoms with van der Waals surface area (Å²) in [6, 6.07) is 4.09. The van der Waals surface area contributed by atoms with Crippen LogP contribution in [-0.2, 0) is 14.4 Å². The minimum atomic E-state index is -0.519. The largest absolute Gasteiger partial charge is 0.482 e. The molecule has 0 atom stereocenters. The normalized spacial score (nSPS) is 16.2. The summed E-state index contributed by atoms with van der Waals surface area (Å²) in [4.78, 5) is 36.7. The van der Waals surface area contributed by atoms with Gasteiger partial charge >= 0.3 is 0 Å². The lowest BCUT2D eigenvalue weighted by Crippen LogP contribution is -2.45. The summed E-state index contributed by atoms with van der Waals surface area (Å²) >= 11 is 0. The second kappa shape index (κ2) is 6.86. The van der Waals surface area contributed by atoms with Crippen molar-refractivity contribution in [3.63, 3.8) is 0 Å². The number of fused-ring (bicyclic) bond motifs is 1. The number of benzene rings is 1. The summed E-state index contributed by atoms with van der Waals surface area (Å²) in [7, 11) is 0. The second-order valence-corrected chi connectivity index (χ2v) is 5.82. The third kappa shape index (κ3) is 4.01. The van der Waals surface area contributed by atoms with Crippen molar-refractivity contribution >= 4 is 23.4 Å². The van der Waals surface area contributed by atoms with Crippen LogP contribution in [0.5, 0.6) is 5.75 Å². The molecule has 1 aliphatic carbocycles. The lowest BCUT2D eigenvalue weighted by atomic mass is 10.2. The molecule has 2 aliphatic rings. The maximum Gasteiger partial charge on any atom is 0.265 e. The summed E-state index contributed by atoms with van der Waals surface area (Å²) in [6.07, 6.45) is 2.20. The molecule has 0 spiro atoms. The predicted octanol–water partition coefficient (Wildman–Crippen LogP) is 0.336. The molecule has 2 N–H and O–H groups in total. The molecule has 1 saturated carbocycles. The van der Waals surface area contributed by atoms with Crippen molar-refractivity contribution in [2.24, 2.45) is 0 Å². The fraction of sp³-hybridized carbons (Fsp3) is 0.438. The van der Waals surface area contributed by atoms with E-state index in [1.807, 2.05) is 0 Å². The van der Waals surface area contributed by atoms with E-state index in [-0.39, 0.29) is 43.8 Å². The highest BCUT2D eigenvalue weighted by Gasteiger charge is 2.28. The molecule has 0 unspecified atom stereocenters. The average Bonchev–Trinajstić information content (AvgIpc) is 3.34. The minimum Gasteiger partial charge on any atom is -0.482 e. The highest BCUT2D eigenvalue weighted by atomic mass is 19.1. The summed E-state index contributed by atoms with van der Waals surface area (Å²) in [5.41, 5.74) is 0.230. The molecule has 1 heterocycles. The maximum absolute atomic E-state index is 13.4. The molecule has 3 amide bonds. The first-order chi connectivity index (χ1) is 11.5. The highest BCUT2D eigenvalue weighted by molar-refractivity contribution is 6.02. The quantitative estimate of drug-likeness (QED) is 0.785. The molecular formula is C16H18FN3O4. The molecule has 7 nitrogen and oxygen atoms in total. The molecule has 0 bridgehead atoms. The molecular weight excluding hydrogens is 317 g/mol.